The molecule has 1 atom stereocenters. The topological polar surface area (TPSA) is 86.8 Å². The molecule has 0 unspecified atom stereocenters. The molecule has 0 aliphatic carbocycles. The van der Waals surface area contributed by atoms with Crippen LogP contribution in [0.1, 0.15) is 23.6 Å². The highest BCUT2D eigenvalue weighted by Gasteiger charge is 2.30. The number of likely N-dealkylation sites (N-methyl/N-ethyl adjacent to an activating group) is 1. The smallest absolute Gasteiger partial charge is 0.244 e. The van der Waals surface area contributed by atoms with Crippen LogP contribution in [0.25, 0.3) is 0 Å². The Bertz CT molecular complexity index is 1070. The van der Waals surface area contributed by atoms with Crippen molar-refractivity contribution >= 4 is 27.5 Å². The number of hydrogen-bond donors (Lipinski definition) is 1. The second-order valence-corrected chi connectivity index (χ2v) is 9.30. The Morgan fingerprint density at radius 2 is 1.74 bits per heavy atom. The average Bonchev–Trinajstić information content (AvgIpc) is 2.71. The van der Waals surface area contributed by atoms with E-state index in [0.29, 0.717) is 5.69 Å². The molecule has 9 heteroatoms. The van der Waals surface area contributed by atoms with Gasteiger partial charge in [0.1, 0.15) is 18.4 Å². The third-order valence-corrected chi connectivity index (χ3v) is 6.36. The van der Waals surface area contributed by atoms with E-state index >= 15 is 0 Å². The van der Waals surface area contributed by atoms with Crippen LogP contribution in [0.3, 0.4) is 0 Å². The molecule has 2 amide bonds. The van der Waals surface area contributed by atoms with Crippen molar-refractivity contribution in [2.24, 2.45) is 0 Å². The number of nitrogens with one attached hydrogen (secondary N) is 1. The summed E-state index contributed by atoms with van der Waals surface area (Å²) in [5, 5.41) is 2.47. The van der Waals surface area contributed by atoms with Gasteiger partial charge in [0, 0.05) is 19.2 Å². The van der Waals surface area contributed by atoms with E-state index < -0.39 is 40.2 Å². The number of carbonyl (C=O) groups excluding carboxylic acids is 2. The summed E-state index contributed by atoms with van der Waals surface area (Å²) in [6.07, 6.45) is 1.02. The fraction of sp³-hybridized carbons (Fsp3) is 0.364. The summed E-state index contributed by atoms with van der Waals surface area (Å²) >= 11 is 0. The lowest BCUT2D eigenvalue weighted by Crippen LogP contribution is -2.50. The molecule has 2 aromatic carbocycles. The van der Waals surface area contributed by atoms with Crippen molar-refractivity contribution in [1.29, 1.82) is 0 Å². The summed E-state index contributed by atoms with van der Waals surface area (Å²) in [5.41, 5.74) is 2.21. The Morgan fingerprint density at radius 1 is 1.10 bits per heavy atom. The fourth-order valence-electron chi connectivity index (χ4n) is 3.20. The van der Waals surface area contributed by atoms with Crippen molar-refractivity contribution in [2.45, 2.75) is 33.4 Å². The number of amides is 2. The lowest BCUT2D eigenvalue weighted by molar-refractivity contribution is -0.139. The van der Waals surface area contributed by atoms with Crippen molar-refractivity contribution < 1.29 is 22.4 Å². The van der Waals surface area contributed by atoms with Gasteiger partial charge in [0.15, 0.2) is 0 Å². The van der Waals surface area contributed by atoms with Gasteiger partial charge in [0.25, 0.3) is 0 Å². The van der Waals surface area contributed by atoms with Gasteiger partial charge in [-0.1, -0.05) is 30.3 Å². The highest BCUT2D eigenvalue weighted by atomic mass is 32.2. The second-order valence-electron chi connectivity index (χ2n) is 7.39. The molecule has 0 spiro atoms. The molecule has 168 valence electrons. The first-order chi connectivity index (χ1) is 14.5. The quantitative estimate of drug-likeness (QED) is 0.670. The first-order valence-electron chi connectivity index (χ1n) is 9.75. The average molecular weight is 450 g/mol. The molecule has 0 aromatic heterocycles. The zero-order valence-electron chi connectivity index (χ0n) is 18.3. The first kappa shape index (κ1) is 24.3. The molecule has 31 heavy (non-hydrogen) atoms. The van der Waals surface area contributed by atoms with E-state index in [0.717, 1.165) is 21.7 Å². The van der Waals surface area contributed by atoms with Crippen molar-refractivity contribution in [3.8, 4) is 0 Å². The molecule has 0 aliphatic rings. The van der Waals surface area contributed by atoms with E-state index in [-0.39, 0.29) is 12.1 Å². The van der Waals surface area contributed by atoms with Crippen LogP contribution >= 0.6 is 0 Å². The van der Waals surface area contributed by atoms with E-state index in [9.17, 15) is 22.4 Å². The molecule has 2 aromatic rings. The highest BCUT2D eigenvalue weighted by Crippen LogP contribution is 2.25. The van der Waals surface area contributed by atoms with Gasteiger partial charge in [0.05, 0.1) is 11.9 Å². The van der Waals surface area contributed by atoms with Crippen molar-refractivity contribution in [3.63, 3.8) is 0 Å². The van der Waals surface area contributed by atoms with Gasteiger partial charge in [-0.15, -0.1) is 0 Å². The summed E-state index contributed by atoms with van der Waals surface area (Å²) in [4.78, 5) is 26.7. The standard InChI is InChI=1S/C22H28FN3O4S/c1-15-9-8-12-20(16(15)2)26(31(5,29)30)14-21(27)25(17(3)22(28)24-4)13-18-10-6-7-11-19(18)23/h6-12,17H,13-14H2,1-5H3,(H,24,28)/t17-/m0/s1. The van der Waals surface area contributed by atoms with Crippen LogP contribution in [0, 0.1) is 19.7 Å². The minimum absolute atomic E-state index is 0.176. The molecular formula is C22H28FN3O4S. The molecule has 0 saturated heterocycles. The number of hydrogen-bond acceptors (Lipinski definition) is 4. The SMILES string of the molecule is CNC(=O)[C@H](C)N(Cc1ccccc1F)C(=O)CN(c1cccc(C)c1C)S(C)(=O)=O. The molecule has 0 fully saturated rings. The lowest BCUT2D eigenvalue weighted by Gasteiger charge is -2.31. The van der Waals surface area contributed by atoms with Crippen LogP contribution in [0.15, 0.2) is 42.5 Å². The number of nitrogens with zero attached hydrogens (tertiary/aromatic N) is 2. The molecule has 1 N–H and O–H groups in total. The fourth-order valence-corrected chi connectivity index (χ4v) is 4.10. The zero-order valence-corrected chi connectivity index (χ0v) is 19.2. The van der Waals surface area contributed by atoms with Gasteiger partial charge in [-0.25, -0.2) is 12.8 Å². The van der Waals surface area contributed by atoms with E-state index in [1.807, 2.05) is 13.0 Å². The summed E-state index contributed by atoms with van der Waals surface area (Å²) < 4.78 is 40.3. The Balaban J connectivity index is 2.45. The predicted octanol–water partition coefficient (Wildman–Crippen LogP) is 2.37. The maximum absolute atomic E-state index is 14.2. The molecule has 0 saturated carbocycles. The number of halogens is 1. The number of aryl methyl sites for hydroxylation is 1. The molecule has 0 radical (unpaired) electrons. The van der Waals surface area contributed by atoms with Gasteiger partial charge in [-0.2, -0.15) is 0 Å². The van der Waals surface area contributed by atoms with Gasteiger partial charge in [-0.3, -0.25) is 13.9 Å². The number of benzene rings is 2. The number of sulfonamides is 1. The highest BCUT2D eigenvalue weighted by molar-refractivity contribution is 7.92. The minimum atomic E-state index is -3.81. The predicted molar refractivity (Wildman–Crippen MR) is 119 cm³/mol. The summed E-state index contributed by atoms with van der Waals surface area (Å²) in [7, 11) is -2.37. The lowest BCUT2D eigenvalue weighted by atomic mass is 10.1. The zero-order chi connectivity index (χ0) is 23.3. The van der Waals surface area contributed by atoms with Crippen molar-refractivity contribution in [2.75, 3.05) is 24.2 Å². The summed E-state index contributed by atoms with van der Waals surface area (Å²) in [6.45, 7) is 4.44. The third kappa shape index (κ3) is 5.81. The number of anilines is 1. The van der Waals surface area contributed by atoms with Gasteiger partial charge < -0.3 is 10.2 Å². The first-order valence-corrected chi connectivity index (χ1v) is 11.6. The number of carbonyl (C=O) groups is 2. The van der Waals surface area contributed by atoms with E-state index in [1.165, 1.54) is 37.1 Å². The Labute approximate surface area is 182 Å². The van der Waals surface area contributed by atoms with E-state index in [4.69, 9.17) is 0 Å². The van der Waals surface area contributed by atoms with Gasteiger partial charge >= 0.3 is 0 Å². The molecule has 2 rings (SSSR count). The molecule has 0 heterocycles. The largest absolute Gasteiger partial charge is 0.357 e. The van der Waals surface area contributed by atoms with Crippen LogP contribution in [0.5, 0.6) is 0 Å². The summed E-state index contributed by atoms with van der Waals surface area (Å²) in [6, 6.07) is 10.2. The van der Waals surface area contributed by atoms with Crippen LogP contribution < -0.4 is 9.62 Å². The van der Waals surface area contributed by atoms with Gasteiger partial charge in [0.2, 0.25) is 21.8 Å². The van der Waals surface area contributed by atoms with Crippen molar-refractivity contribution in [1.82, 2.24) is 10.2 Å². The Hall–Kier alpha value is -2.94. The van der Waals surface area contributed by atoms with E-state index in [2.05, 4.69) is 5.32 Å². The van der Waals surface area contributed by atoms with E-state index in [1.54, 1.807) is 25.1 Å². The molecule has 7 nitrogen and oxygen atoms in total. The molecule has 0 bridgehead atoms. The Morgan fingerprint density at radius 3 is 2.32 bits per heavy atom. The molecule has 0 aliphatic heterocycles. The van der Waals surface area contributed by atoms with Crippen LogP contribution in [0.2, 0.25) is 0 Å². The van der Waals surface area contributed by atoms with Crippen LogP contribution in [-0.4, -0.2) is 51.0 Å². The monoisotopic (exact) mass is 449 g/mol. The van der Waals surface area contributed by atoms with Crippen molar-refractivity contribution in [3.05, 3.63) is 65.0 Å². The maximum atomic E-state index is 14.2. The molecular weight excluding hydrogens is 421 g/mol. The van der Waals surface area contributed by atoms with Crippen LogP contribution in [-0.2, 0) is 26.2 Å². The Kier molecular flexibility index (Phi) is 7.78. The second kappa shape index (κ2) is 9.91. The summed E-state index contributed by atoms with van der Waals surface area (Å²) in [5.74, 6) is -1.58. The van der Waals surface area contributed by atoms with Crippen LogP contribution in [0.4, 0.5) is 10.1 Å². The normalized spacial score (nSPS) is 12.2. The third-order valence-electron chi connectivity index (χ3n) is 5.24. The number of rotatable bonds is 8. The maximum Gasteiger partial charge on any atom is 0.244 e. The van der Waals surface area contributed by atoms with Gasteiger partial charge in [-0.05, 0) is 44.0 Å². The minimum Gasteiger partial charge on any atom is -0.357 e.